The molecular formula is C15H23ClN4O3. The Morgan fingerprint density at radius 2 is 2.09 bits per heavy atom. The van der Waals surface area contributed by atoms with Crippen LogP contribution in [0.1, 0.15) is 36.5 Å². The number of amides is 1. The van der Waals surface area contributed by atoms with Gasteiger partial charge in [-0.1, -0.05) is 6.92 Å². The molecule has 23 heavy (non-hydrogen) atoms. The van der Waals surface area contributed by atoms with Crippen molar-refractivity contribution in [3.05, 3.63) is 33.9 Å². The summed E-state index contributed by atoms with van der Waals surface area (Å²) in [7, 11) is 0. The van der Waals surface area contributed by atoms with Crippen LogP contribution in [0.2, 0.25) is 0 Å². The van der Waals surface area contributed by atoms with Crippen LogP contribution in [0.5, 0.6) is 0 Å². The molecule has 0 aliphatic carbocycles. The summed E-state index contributed by atoms with van der Waals surface area (Å²) >= 11 is 0. The van der Waals surface area contributed by atoms with Gasteiger partial charge in [0.05, 0.1) is 4.92 Å². The Hall–Kier alpha value is -1.86. The number of benzene rings is 1. The Labute approximate surface area is 141 Å². The standard InChI is InChI=1S/C15H22N4O3.ClH/c1-2-9-18(12-5-7-17-8-6-12)15(20)11-3-4-13(16)14(10-11)19(21)22;/h3-4,10,12,17H,2,5-9,16H2,1H3;1H. The third-order valence-corrected chi connectivity index (χ3v) is 3.95. The maximum Gasteiger partial charge on any atom is 0.292 e. The van der Waals surface area contributed by atoms with E-state index >= 15 is 0 Å². The molecule has 1 aliphatic rings. The van der Waals surface area contributed by atoms with Crippen LogP contribution >= 0.6 is 12.4 Å². The molecule has 0 atom stereocenters. The Bertz CT molecular complexity index is 562. The molecule has 1 amide bonds. The number of rotatable bonds is 5. The lowest BCUT2D eigenvalue weighted by molar-refractivity contribution is -0.383. The summed E-state index contributed by atoms with van der Waals surface area (Å²) in [6.07, 6.45) is 2.67. The Kier molecular flexibility index (Phi) is 7.25. The van der Waals surface area contributed by atoms with Crippen LogP contribution in [0.3, 0.4) is 0 Å². The van der Waals surface area contributed by atoms with Gasteiger partial charge < -0.3 is 16.0 Å². The SMILES string of the molecule is CCCN(C(=O)c1ccc(N)c([N+](=O)[O-])c1)C1CCNCC1.Cl. The molecule has 0 unspecified atom stereocenters. The highest BCUT2D eigenvalue weighted by molar-refractivity contribution is 5.95. The Morgan fingerprint density at radius 3 is 2.65 bits per heavy atom. The van der Waals surface area contributed by atoms with Gasteiger partial charge in [-0.2, -0.15) is 0 Å². The smallest absolute Gasteiger partial charge is 0.292 e. The zero-order valence-electron chi connectivity index (χ0n) is 13.2. The van der Waals surface area contributed by atoms with Crippen molar-refractivity contribution in [3.63, 3.8) is 0 Å². The zero-order valence-corrected chi connectivity index (χ0v) is 14.0. The monoisotopic (exact) mass is 342 g/mol. The molecule has 128 valence electrons. The van der Waals surface area contributed by atoms with E-state index in [1.807, 2.05) is 11.8 Å². The number of nitrogens with zero attached hydrogens (tertiary/aromatic N) is 2. The lowest BCUT2D eigenvalue weighted by atomic mass is 10.0. The minimum atomic E-state index is -0.555. The van der Waals surface area contributed by atoms with Crippen LogP contribution in [0.15, 0.2) is 18.2 Å². The average molecular weight is 343 g/mol. The van der Waals surface area contributed by atoms with Crippen molar-refractivity contribution in [2.45, 2.75) is 32.2 Å². The number of nitro benzene ring substituents is 1. The number of anilines is 1. The van der Waals surface area contributed by atoms with Crippen LogP contribution < -0.4 is 11.1 Å². The van der Waals surface area contributed by atoms with E-state index in [2.05, 4.69) is 5.32 Å². The van der Waals surface area contributed by atoms with Gasteiger partial charge in [0, 0.05) is 24.2 Å². The van der Waals surface area contributed by atoms with Crippen molar-refractivity contribution in [1.82, 2.24) is 10.2 Å². The second-order valence-electron chi connectivity index (χ2n) is 5.51. The minimum absolute atomic E-state index is 0. The van der Waals surface area contributed by atoms with Crippen LogP contribution in [0.25, 0.3) is 0 Å². The van der Waals surface area contributed by atoms with Crippen molar-refractivity contribution in [1.29, 1.82) is 0 Å². The molecule has 1 aromatic carbocycles. The first-order valence-corrected chi connectivity index (χ1v) is 7.60. The quantitative estimate of drug-likeness (QED) is 0.485. The Morgan fingerprint density at radius 1 is 1.43 bits per heavy atom. The van der Waals surface area contributed by atoms with Crippen LogP contribution in [-0.2, 0) is 0 Å². The van der Waals surface area contributed by atoms with E-state index in [1.165, 1.54) is 12.1 Å². The van der Waals surface area contributed by atoms with E-state index in [0.29, 0.717) is 12.1 Å². The van der Waals surface area contributed by atoms with Crippen molar-refractivity contribution < 1.29 is 9.72 Å². The highest BCUT2D eigenvalue weighted by atomic mass is 35.5. The lowest BCUT2D eigenvalue weighted by Crippen LogP contribution is -2.46. The van der Waals surface area contributed by atoms with Crippen molar-refractivity contribution in [3.8, 4) is 0 Å². The summed E-state index contributed by atoms with van der Waals surface area (Å²) in [5.41, 5.74) is 5.78. The summed E-state index contributed by atoms with van der Waals surface area (Å²) in [5, 5.41) is 14.3. The maximum absolute atomic E-state index is 12.8. The van der Waals surface area contributed by atoms with E-state index < -0.39 is 4.92 Å². The van der Waals surface area contributed by atoms with Gasteiger partial charge in [0.2, 0.25) is 0 Å². The number of nitro groups is 1. The first-order chi connectivity index (χ1) is 10.5. The van der Waals surface area contributed by atoms with Gasteiger partial charge in [0.25, 0.3) is 11.6 Å². The number of hydrogen-bond donors (Lipinski definition) is 2. The minimum Gasteiger partial charge on any atom is -0.393 e. The number of carbonyl (C=O) groups is 1. The molecule has 0 bridgehead atoms. The third-order valence-electron chi connectivity index (χ3n) is 3.95. The molecule has 1 aliphatic heterocycles. The number of piperidine rings is 1. The fourth-order valence-electron chi connectivity index (χ4n) is 2.81. The fourth-order valence-corrected chi connectivity index (χ4v) is 2.81. The summed E-state index contributed by atoms with van der Waals surface area (Å²) in [4.78, 5) is 25.0. The summed E-state index contributed by atoms with van der Waals surface area (Å²) < 4.78 is 0. The average Bonchev–Trinajstić information content (AvgIpc) is 2.53. The van der Waals surface area contributed by atoms with Crippen molar-refractivity contribution >= 4 is 29.7 Å². The van der Waals surface area contributed by atoms with Gasteiger partial charge in [-0.3, -0.25) is 14.9 Å². The molecule has 7 nitrogen and oxygen atoms in total. The lowest BCUT2D eigenvalue weighted by Gasteiger charge is -2.34. The first kappa shape index (κ1) is 19.2. The summed E-state index contributed by atoms with van der Waals surface area (Å²) in [5.74, 6) is -0.156. The van der Waals surface area contributed by atoms with Gasteiger partial charge in [-0.15, -0.1) is 12.4 Å². The van der Waals surface area contributed by atoms with Gasteiger partial charge in [0.15, 0.2) is 0 Å². The van der Waals surface area contributed by atoms with Crippen molar-refractivity contribution in [2.75, 3.05) is 25.4 Å². The summed E-state index contributed by atoms with van der Waals surface area (Å²) in [6.45, 7) is 4.45. The summed E-state index contributed by atoms with van der Waals surface area (Å²) in [6, 6.07) is 4.46. The molecule has 1 heterocycles. The van der Waals surface area contributed by atoms with Gasteiger partial charge in [0.1, 0.15) is 5.69 Å². The molecule has 0 aromatic heterocycles. The van der Waals surface area contributed by atoms with Gasteiger partial charge >= 0.3 is 0 Å². The second-order valence-corrected chi connectivity index (χ2v) is 5.51. The molecule has 1 aromatic rings. The fraction of sp³-hybridized carbons (Fsp3) is 0.533. The first-order valence-electron chi connectivity index (χ1n) is 7.60. The van der Waals surface area contributed by atoms with E-state index in [9.17, 15) is 14.9 Å². The van der Waals surface area contributed by atoms with E-state index in [4.69, 9.17) is 5.73 Å². The van der Waals surface area contributed by atoms with E-state index in [-0.39, 0.29) is 35.7 Å². The predicted molar refractivity (Wildman–Crippen MR) is 92.0 cm³/mol. The number of nitrogen functional groups attached to an aromatic ring is 1. The van der Waals surface area contributed by atoms with Crippen LogP contribution in [0, 0.1) is 10.1 Å². The number of hydrogen-bond acceptors (Lipinski definition) is 5. The van der Waals surface area contributed by atoms with Crippen LogP contribution in [0.4, 0.5) is 11.4 Å². The number of halogens is 1. The number of nitrogens with one attached hydrogen (secondary N) is 1. The highest BCUT2D eigenvalue weighted by Gasteiger charge is 2.26. The zero-order chi connectivity index (χ0) is 16.1. The van der Waals surface area contributed by atoms with Crippen LogP contribution in [-0.4, -0.2) is 41.4 Å². The highest BCUT2D eigenvalue weighted by Crippen LogP contribution is 2.24. The molecule has 0 saturated carbocycles. The second kappa shape index (κ2) is 8.69. The molecule has 1 fully saturated rings. The number of nitrogens with two attached hydrogens (primary N) is 1. The predicted octanol–water partition coefficient (Wildman–Crippen LogP) is 2.20. The van der Waals surface area contributed by atoms with Gasteiger partial charge in [-0.25, -0.2) is 0 Å². The van der Waals surface area contributed by atoms with E-state index in [1.54, 1.807) is 6.07 Å². The molecule has 2 rings (SSSR count). The molecule has 1 saturated heterocycles. The molecule has 8 heteroatoms. The molecular weight excluding hydrogens is 320 g/mol. The molecule has 3 N–H and O–H groups in total. The molecule has 0 radical (unpaired) electrons. The third kappa shape index (κ3) is 4.56. The Balaban J connectivity index is 0.00000264. The maximum atomic E-state index is 12.8. The normalized spacial score (nSPS) is 14.8. The molecule has 0 spiro atoms. The van der Waals surface area contributed by atoms with Crippen molar-refractivity contribution in [2.24, 2.45) is 0 Å². The largest absolute Gasteiger partial charge is 0.393 e. The van der Waals surface area contributed by atoms with Gasteiger partial charge in [-0.05, 0) is 44.5 Å². The number of carbonyl (C=O) groups excluding carboxylic acids is 1. The van der Waals surface area contributed by atoms with E-state index in [0.717, 1.165) is 32.4 Å². The topological polar surface area (TPSA) is 102 Å².